The van der Waals surface area contributed by atoms with Crippen molar-refractivity contribution < 1.29 is 9.53 Å². The second-order valence-corrected chi connectivity index (χ2v) is 8.45. The van der Waals surface area contributed by atoms with Crippen molar-refractivity contribution in [2.75, 3.05) is 33.3 Å². The SMILES string of the molecule is CN=C(NCC(=O)NCCc1ccccc1)NCC1CCCOC1C(C)(C)C. The standard InChI is InChI=1S/C22H36N4O2/c1-22(2,3)20-18(11-8-14-28-20)15-25-21(23-4)26-16-19(27)24-13-12-17-9-6-5-7-10-17/h5-7,9-10,18,20H,8,11-16H2,1-4H3,(H,24,27)(H2,23,25,26). The Kier molecular flexibility index (Phi) is 8.77. The van der Waals surface area contributed by atoms with Gasteiger partial charge in [-0.15, -0.1) is 0 Å². The van der Waals surface area contributed by atoms with E-state index in [0.717, 1.165) is 32.4 Å². The minimum absolute atomic E-state index is 0.0348. The third-order valence-corrected chi connectivity index (χ3v) is 5.05. The molecule has 1 aliphatic rings. The van der Waals surface area contributed by atoms with Gasteiger partial charge < -0.3 is 20.7 Å². The fraction of sp³-hybridized carbons (Fsp3) is 0.636. The van der Waals surface area contributed by atoms with Gasteiger partial charge in [0, 0.05) is 32.7 Å². The maximum Gasteiger partial charge on any atom is 0.239 e. The van der Waals surface area contributed by atoms with E-state index in [-0.39, 0.29) is 24.0 Å². The topological polar surface area (TPSA) is 74.8 Å². The highest BCUT2D eigenvalue weighted by Gasteiger charge is 2.35. The van der Waals surface area contributed by atoms with Crippen LogP contribution in [0.2, 0.25) is 0 Å². The van der Waals surface area contributed by atoms with E-state index in [9.17, 15) is 4.79 Å². The van der Waals surface area contributed by atoms with Crippen molar-refractivity contribution in [2.45, 2.75) is 46.1 Å². The Labute approximate surface area is 169 Å². The smallest absolute Gasteiger partial charge is 0.239 e. The molecule has 0 radical (unpaired) electrons. The summed E-state index contributed by atoms with van der Waals surface area (Å²) in [7, 11) is 1.72. The molecule has 156 valence electrons. The van der Waals surface area contributed by atoms with Crippen molar-refractivity contribution in [3.63, 3.8) is 0 Å². The van der Waals surface area contributed by atoms with Gasteiger partial charge in [-0.1, -0.05) is 51.1 Å². The lowest BCUT2D eigenvalue weighted by Gasteiger charge is -2.40. The van der Waals surface area contributed by atoms with Crippen LogP contribution >= 0.6 is 0 Å². The van der Waals surface area contributed by atoms with Gasteiger partial charge in [-0.3, -0.25) is 9.79 Å². The molecule has 1 aromatic carbocycles. The van der Waals surface area contributed by atoms with Gasteiger partial charge in [0.1, 0.15) is 0 Å². The Morgan fingerprint density at radius 3 is 2.61 bits per heavy atom. The number of benzene rings is 1. The van der Waals surface area contributed by atoms with Crippen LogP contribution in [-0.2, 0) is 16.0 Å². The summed E-state index contributed by atoms with van der Waals surface area (Å²) < 4.78 is 6.04. The van der Waals surface area contributed by atoms with E-state index in [0.29, 0.717) is 18.4 Å². The second kappa shape index (κ2) is 11.1. The monoisotopic (exact) mass is 388 g/mol. The minimum Gasteiger partial charge on any atom is -0.377 e. The Balaban J connectivity index is 1.69. The Morgan fingerprint density at radius 2 is 1.93 bits per heavy atom. The van der Waals surface area contributed by atoms with E-state index >= 15 is 0 Å². The maximum absolute atomic E-state index is 12.1. The summed E-state index contributed by atoms with van der Waals surface area (Å²) in [4.78, 5) is 16.3. The van der Waals surface area contributed by atoms with Gasteiger partial charge in [-0.25, -0.2) is 0 Å². The van der Waals surface area contributed by atoms with Gasteiger partial charge in [0.15, 0.2) is 5.96 Å². The van der Waals surface area contributed by atoms with Crippen LogP contribution in [0.5, 0.6) is 0 Å². The molecule has 1 amide bonds. The van der Waals surface area contributed by atoms with E-state index in [1.807, 2.05) is 18.2 Å². The first-order chi connectivity index (χ1) is 13.4. The molecule has 2 rings (SSSR count). The molecule has 1 heterocycles. The average Bonchev–Trinajstić information content (AvgIpc) is 2.68. The van der Waals surface area contributed by atoms with Gasteiger partial charge in [-0.05, 0) is 30.2 Å². The van der Waals surface area contributed by atoms with Crippen molar-refractivity contribution in [2.24, 2.45) is 16.3 Å². The van der Waals surface area contributed by atoms with Crippen LogP contribution in [0.1, 0.15) is 39.2 Å². The number of guanidine groups is 1. The third-order valence-electron chi connectivity index (χ3n) is 5.05. The molecule has 0 spiro atoms. The number of carbonyl (C=O) groups excluding carboxylic acids is 1. The minimum atomic E-state index is -0.0348. The number of nitrogens with one attached hydrogen (secondary N) is 3. The number of aliphatic imine (C=N–C) groups is 1. The van der Waals surface area contributed by atoms with E-state index in [2.05, 4.69) is 53.8 Å². The molecule has 2 atom stereocenters. The molecule has 2 unspecified atom stereocenters. The van der Waals surface area contributed by atoms with Crippen LogP contribution in [0.4, 0.5) is 0 Å². The molecular weight excluding hydrogens is 352 g/mol. The first-order valence-electron chi connectivity index (χ1n) is 10.3. The van der Waals surface area contributed by atoms with Crippen LogP contribution in [-0.4, -0.2) is 51.3 Å². The van der Waals surface area contributed by atoms with Gasteiger partial charge >= 0.3 is 0 Å². The van der Waals surface area contributed by atoms with Crippen LogP contribution in [0.25, 0.3) is 0 Å². The summed E-state index contributed by atoms with van der Waals surface area (Å²) in [5.41, 5.74) is 1.33. The molecule has 0 aromatic heterocycles. The Hall–Kier alpha value is -2.08. The molecule has 0 bridgehead atoms. The largest absolute Gasteiger partial charge is 0.377 e. The van der Waals surface area contributed by atoms with E-state index < -0.39 is 0 Å². The first kappa shape index (κ1) is 22.2. The fourth-order valence-corrected chi connectivity index (χ4v) is 3.68. The van der Waals surface area contributed by atoms with E-state index in [1.54, 1.807) is 7.05 Å². The highest BCUT2D eigenvalue weighted by molar-refractivity contribution is 5.86. The number of hydrogen-bond donors (Lipinski definition) is 3. The number of ether oxygens (including phenoxy) is 1. The zero-order chi connectivity index (χ0) is 20.4. The van der Waals surface area contributed by atoms with Crippen LogP contribution < -0.4 is 16.0 Å². The zero-order valence-corrected chi connectivity index (χ0v) is 17.8. The Morgan fingerprint density at radius 1 is 1.18 bits per heavy atom. The molecule has 28 heavy (non-hydrogen) atoms. The van der Waals surface area contributed by atoms with E-state index in [1.165, 1.54) is 5.56 Å². The third kappa shape index (κ3) is 7.50. The van der Waals surface area contributed by atoms with Crippen LogP contribution in [0.3, 0.4) is 0 Å². The molecule has 0 saturated carbocycles. The molecule has 3 N–H and O–H groups in total. The quantitative estimate of drug-likeness (QED) is 0.495. The molecule has 1 aliphatic heterocycles. The Bertz CT molecular complexity index is 625. The lowest BCUT2D eigenvalue weighted by molar-refractivity contribution is -0.119. The lowest BCUT2D eigenvalue weighted by Crippen LogP contribution is -2.49. The molecule has 1 fully saturated rings. The predicted molar refractivity (Wildman–Crippen MR) is 114 cm³/mol. The summed E-state index contributed by atoms with van der Waals surface area (Å²) in [6.07, 6.45) is 3.30. The van der Waals surface area contributed by atoms with Crippen molar-refractivity contribution in [3.8, 4) is 0 Å². The fourth-order valence-electron chi connectivity index (χ4n) is 3.68. The molecule has 0 aliphatic carbocycles. The van der Waals surface area contributed by atoms with Crippen molar-refractivity contribution >= 4 is 11.9 Å². The summed E-state index contributed by atoms with van der Waals surface area (Å²) in [6.45, 7) is 9.14. The van der Waals surface area contributed by atoms with Crippen molar-refractivity contribution in [3.05, 3.63) is 35.9 Å². The van der Waals surface area contributed by atoms with Gasteiger partial charge in [0.25, 0.3) is 0 Å². The second-order valence-electron chi connectivity index (χ2n) is 8.45. The molecule has 6 nitrogen and oxygen atoms in total. The predicted octanol–water partition coefficient (Wildman–Crippen LogP) is 2.35. The van der Waals surface area contributed by atoms with Gasteiger partial charge in [0.05, 0.1) is 12.6 Å². The number of carbonyl (C=O) groups is 1. The summed E-state index contributed by atoms with van der Waals surface area (Å²) in [5, 5.41) is 9.39. The number of nitrogens with zero attached hydrogens (tertiary/aromatic N) is 1. The number of amides is 1. The van der Waals surface area contributed by atoms with Crippen LogP contribution in [0.15, 0.2) is 35.3 Å². The number of rotatable bonds is 7. The molecule has 6 heteroatoms. The number of hydrogen-bond acceptors (Lipinski definition) is 3. The molecule has 1 aromatic rings. The van der Waals surface area contributed by atoms with Crippen molar-refractivity contribution in [1.29, 1.82) is 0 Å². The molecular formula is C22H36N4O2. The highest BCUT2D eigenvalue weighted by atomic mass is 16.5. The molecule has 1 saturated heterocycles. The van der Waals surface area contributed by atoms with Crippen LogP contribution in [0, 0.1) is 11.3 Å². The zero-order valence-electron chi connectivity index (χ0n) is 17.8. The average molecular weight is 389 g/mol. The van der Waals surface area contributed by atoms with E-state index in [4.69, 9.17) is 4.74 Å². The maximum atomic E-state index is 12.1. The lowest BCUT2D eigenvalue weighted by atomic mass is 9.78. The summed E-state index contributed by atoms with van der Waals surface area (Å²) >= 11 is 0. The van der Waals surface area contributed by atoms with Gasteiger partial charge in [-0.2, -0.15) is 0 Å². The first-order valence-corrected chi connectivity index (χ1v) is 10.3. The van der Waals surface area contributed by atoms with Gasteiger partial charge in [0.2, 0.25) is 5.91 Å². The van der Waals surface area contributed by atoms with Crippen molar-refractivity contribution in [1.82, 2.24) is 16.0 Å². The summed E-state index contributed by atoms with van der Waals surface area (Å²) in [5.74, 6) is 1.05. The highest BCUT2D eigenvalue weighted by Crippen LogP contribution is 2.33. The normalized spacial score (nSPS) is 20.5. The summed E-state index contributed by atoms with van der Waals surface area (Å²) in [6, 6.07) is 10.1.